The lowest BCUT2D eigenvalue weighted by Gasteiger charge is -2.08. The number of anilines is 1. The monoisotopic (exact) mass is 365 g/mol. The highest BCUT2D eigenvalue weighted by Crippen LogP contribution is 2.26. The number of nitrogens with one attached hydrogen (secondary N) is 1. The van der Waals surface area contributed by atoms with Gasteiger partial charge < -0.3 is 5.32 Å². The number of nitrogens with zero attached hydrogens (tertiary/aromatic N) is 2. The number of carbonyl (C=O) groups excluding carboxylic acids is 1. The molecule has 2 aromatic rings. The van der Waals surface area contributed by atoms with Gasteiger partial charge in [-0.15, -0.1) is 0 Å². The molecule has 4 nitrogen and oxygen atoms in total. The largest absolute Gasteiger partial charge is 0.325 e. The fraction of sp³-hybridized carbons (Fsp3) is 0.188. The van der Waals surface area contributed by atoms with E-state index in [1.165, 1.54) is 11.8 Å². The van der Waals surface area contributed by atoms with Crippen LogP contribution >= 0.6 is 35.0 Å². The summed E-state index contributed by atoms with van der Waals surface area (Å²) in [4.78, 5) is 16.4. The average Bonchev–Trinajstić information content (AvgIpc) is 2.48. The molecule has 118 valence electrons. The van der Waals surface area contributed by atoms with E-state index in [1.54, 1.807) is 18.2 Å². The van der Waals surface area contributed by atoms with Crippen LogP contribution < -0.4 is 5.32 Å². The van der Waals surface area contributed by atoms with Crippen LogP contribution in [0.15, 0.2) is 29.3 Å². The third kappa shape index (κ3) is 4.61. The minimum Gasteiger partial charge on any atom is -0.325 e. The predicted molar refractivity (Wildman–Crippen MR) is 94.2 cm³/mol. The maximum atomic E-state index is 12.0. The minimum absolute atomic E-state index is 0.144. The first kappa shape index (κ1) is 17.6. The van der Waals surface area contributed by atoms with Crippen LogP contribution in [0.25, 0.3) is 0 Å². The highest BCUT2D eigenvalue weighted by Gasteiger charge is 2.12. The van der Waals surface area contributed by atoms with Crippen molar-refractivity contribution in [2.45, 2.75) is 18.9 Å². The van der Waals surface area contributed by atoms with E-state index in [2.05, 4.69) is 16.4 Å². The van der Waals surface area contributed by atoms with Crippen molar-refractivity contribution >= 4 is 46.6 Å². The number of aromatic nitrogens is 1. The van der Waals surface area contributed by atoms with Crippen molar-refractivity contribution < 1.29 is 4.79 Å². The summed E-state index contributed by atoms with van der Waals surface area (Å²) < 4.78 is 0. The molecule has 0 fully saturated rings. The summed E-state index contributed by atoms with van der Waals surface area (Å²) in [5.41, 5.74) is 2.74. The number of pyridine rings is 1. The summed E-state index contributed by atoms with van der Waals surface area (Å²) in [6, 6.07) is 8.85. The van der Waals surface area contributed by atoms with Gasteiger partial charge in [0.15, 0.2) is 0 Å². The zero-order valence-electron chi connectivity index (χ0n) is 12.5. The number of rotatable bonds is 4. The summed E-state index contributed by atoms with van der Waals surface area (Å²) in [6.07, 6.45) is 0. The van der Waals surface area contributed by atoms with E-state index in [0.29, 0.717) is 26.3 Å². The Balaban J connectivity index is 2.05. The Hall–Kier alpha value is -1.74. The highest BCUT2D eigenvalue weighted by atomic mass is 35.5. The fourth-order valence-electron chi connectivity index (χ4n) is 1.95. The molecule has 0 unspecified atom stereocenters. The molecule has 23 heavy (non-hydrogen) atoms. The first-order valence-electron chi connectivity index (χ1n) is 6.66. The van der Waals surface area contributed by atoms with Crippen molar-refractivity contribution in [3.8, 4) is 6.07 Å². The van der Waals surface area contributed by atoms with E-state index >= 15 is 0 Å². The maximum Gasteiger partial charge on any atom is 0.234 e. The van der Waals surface area contributed by atoms with Gasteiger partial charge >= 0.3 is 0 Å². The number of nitriles is 1. The van der Waals surface area contributed by atoms with Crippen molar-refractivity contribution in [1.82, 2.24) is 4.98 Å². The summed E-state index contributed by atoms with van der Waals surface area (Å²) in [7, 11) is 0. The highest BCUT2D eigenvalue weighted by molar-refractivity contribution is 8.00. The molecule has 0 atom stereocenters. The lowest BCUT2D eigenvalue weighted by Crippen LogP contribution is -2.14. The average molecular weight is 366 g/mol. The third-order valence-corrected chi connectivity index (χ3v) is 4.68. The van der Waals surface area contributed by atoms with Crippen LogP contribution in [0.1, 0.15) is 16.8 Å². The van der Waals surface area contributed by atoms with Crippen LogP contribution in [0.5, 0.6) is 0 Å². The standard InChI is InChI=1S/C16H13Cl2N3OS/c1-9-5-10(2)20-16(12(9)7-19)23-8-15(22)21-11-3-4-13(17)14(18)6-11/h3-6H,8H2,1-2H3,(H,21,22). The Labute approximate surface area is 148 Å². The van der Waals surface area contributed by atoms with Gasteiger partial charge in [-0.25, -0.2) is 4.98 Å². The van der Waals surface area contributed by atoms with Gasteiger partial charge in [0.1, 0.15) is 11.1 Å². The number of hydrogen-bond acceptors (Lipinski definition) is 4. The summed E-state index contributed by atoms with van der Waals surface area (Å²) >= 11 is 13.0. The first-order chi connectivity index (χ1) is 10.9. The number of aryl methyl sites for hydroxylation is 2. The molecular weight excluding hydrogens is 353 g/mol. The minimum atomic E-state index is -0.210. The van der Waals surface area contributed by atoms with Crippen molar-refractivity contribution in [3.05, 3.63) is 51.1 Å². The quantitative estimate of drug-likeness (QED) is 0.803. The van der Waals surface area contributed by atoms with Gasteiger partial charge in [0.05, 0.1) is 21.4 Å². The van der Waals surface area contributed by atoms with Gasteiger partial charge in [-0.3, -0.25) is 4.79 Å². The second-order valence-electron chi connectivity index (χ2n) is 4.84. The molecule has 0 saturated heterocycles. The Morgan fingerprint density at radius 3 is 2.70 bits per heavy atom. The number of benzene rings is 1. The normalized spacial score (nSPS) is 10.2. The van der Waals surface area contributed by atoms with Gasteiger partial charge in [0, 0.05) is 11.4 Å². The molecule has 7 heteroatoms. The Kier molecular flexibility index (Phi) is 5.89. The molecule has 1 aromatic heterocycles. The molecule has 0 aliphatic heterocycles. The molecule has 1 aromatic carbocycles. The molecule has 2 rings (SSSR count). The van der Waals surface area contributed by atoms with Crippen LogP contribution in [-0.2, 0) is 4.79 Å². The lowest BCUT2D eigenvalue weighted by molar-refractivity contribution is -0.113. The molecule has 0 radical (unpaired) electrons. The topological polar surface area (TPSA) is 65.8 Å². The molecule has 1 heterocycles. The molecule has 0 aliphatic carbocycles. The van der Waals surface area contributed by atoms with Crippen LogP contribution in [-0.4, -0.2) is 16.6 Å². The number of halogens is 2. The van der Waals surface area contributed by atoms with Crippen LogP contribution in [0.3, 0.4) is 0 Å². The second-order valence-corrected chi connectivity index (χ2v) is 6.62. The van der Waals surface area contributed by atoms with Gasteiger partial charge in [-0.05, 0) is 43.7 Å². The zero-order valence-corrected chi connectivity index (χ0v) is 14.8. The molecular formula is C16H13Cl2N3OS. The fourth-order valence-corrected chi connectivity index (χ4v) is 3.15. The van der Waals surface area contributed by atoms with Crippen molar-refractivity contribution in [2.24, 2.45) is 0 Å². The molecule has 0 bridgehead atoms. The van der Waals surface area contributed by atoms with Crippen LogP contribution in [0.4, 0.5) is 5.69 Å². The Morgan fingerprint density at radius 2 is 2.04 bits per heavy atom. The number of carbonyl (C=O) groups is 1. The Morgan fingerprint density at radius 1 is 1.30 bits per heavy atom. The van der Waals surface area contributed by atoms with Crippen molar-refractivity contribution in [3.63, 3.8) is 0 Å². The molecule has 0 aliphatic rings. The van der Waals surface area contributed by atoms with Gasteiger partial charge in [-0.2, -0.15) is 5.26 Å². The molecule has 1 N–H and O–H groups in total. The lowest BCUT2D eigenvalue weighted by atomic mass is 10.1. The van der Waals surface area contributed by atoms with Crippen LogP contribution in [0.2, 0.25) is 10.0 Å². The van der Waals surface area contributed by atoms with E-state index in [-0.39, 0.29) is 11.7 Å². The summed E-state index contributed by atoms with van der Waals surface area (Å²) in [5.74, 6) is -0.0663. The Bertz CT molecular complexity index is 803. The number of thioether (sulfide) groups is 1. The second kappa shape index (κ2) is 7.69. The molecule has 0 saturated carbocycles. The zero-order chi connectivity index (χ0) is 17.0. The predicted octanol–water partition coefficient (Wildman–Crippen LogP) is 4.61. The van der Waals surface area contributed by atoms with Gasteiger partial charge in [-0.1, -0.05) is 35.0 Å². The van der Waals surface area contributed by atoms with E-state index in [0.717, 1.165) is 11.3 Å². The van der Waals surface area contributed by atoms with E-state index in [9.17, 15) is 10.1 Å². The van der Waals surface area contributed by atoms with Crippen molar-refractivity contribution in [1.29, 1.82) is 5.26 Å². The van der Waals surface area contributed by atoms with E-state index in [4.69, 9.17) is 23.2 Å². The SMILES string of the molecule is Cc1cc(C)c(C#N)c(SCC(=O)Nc2ccc(Cl)c(Cl)c2)n1. The van der Waals surface area contributed by atoms with Crippen LogP contribution in [0, 0.1) is 25.2 Å². The summed E-state index contributed by atoms with van der Waals surface area (Å²) in [6.45, 7) is 3.71. The van der Waals surface area contributed by atoms with E-state index in [1.807, 2.05) is 19.9 Å². The smallest absolute Gasteiger partial charge is 0.234 e. The summed E-state index contributed by atoms with van der Waals surface area (Å²) in [5, 5.41) is 13.3. The molecule has 1 amide bonds. The third-order valence-electron chi connectivity index (χ3n) is 2.97. The van der Waals surface area contributed by atoms with Gasteiger partial charge in [0.25, 0.3) is 0 Å². The number of hydrogen-bond donors (Lipinski definition) is 1. The maximum absolute atomic E-state index is 12.0. The number of amides is 1. The van der Waals surface area contributed by atoms with Gasteiger partial charge in [0.2, 0.25) is 5.91 Å². The van der Waals surface area contributed by atoms with E-state index < -0.39 is 0 Å². The first-order valence-corrected chi connectivity index (χ1v) is 8.41. The molecule has 0 spiro atoms. The van der Waals surface area contributed by atoms with Crippen molar-refractivity contribution in [2.75, 3.05) is 11.1 Å².